The lowest BCUT2D eigenvalue weighted by Crippen LogP contribution is -2.69. The van der Waals surface area contributed by atoms with Gasteiger partial charge in [0.25, 0.3) is 0 Å². The summed E-state index contributed by atoms with van der Waals surface area (Å²) in [6.07, 6.45) is -59.0. The molecular weight excluding hydrogens is 1750 g/mol. The van der Waals surface area contributed by atoms with Crippen molar-refractivity contribution in [2.24, 2.45) is 0 Å². The number of aliphatic hydroxyl groups excluding tert-OH is 12. The molecule has 0 spiro atoms. The quantitative estimate of drug-likeness (QED) is 0.0405. The number of ether oxygens (including phenoxy) is 15. The van der Waals surface area contributed by atoms with E-state index in [2.05, 4.69) is 33.9 Å². The Hall–Kier alpha value is 0.158. The third-order valence-corrected chi connectivity index (χ3v) is 62.1. The zero-order chi connectivity index (χ0) is 94.7. The molecule has 21 heterocycles. The van der Waals surface area contributed by atoms with Gasteiger partial charge >= 0.3 is 0 Å². The minimum atomic E-state index is -2.79. The zero-order valence-corrected chi connectivity index (χ0v) is 88.5. The van der Waals surface area contributed by atoms with E-state index in [0.717, 1.165) is 0 Å². The van der Waals surface area contributed by atoms with E-state index in [-0.39, 0.29) is 61.4 Å². The molecule has 0 aromatic heterocycles. The third kappa shape index (κ3) is 24.5. The largest absolute Gasteiger partial charge is 0.414 e. The molecule has 35 unspecified atom stereocenters. The molecule has 0 saturated carbocycles. The predicted octanol–water partition coefficient (Wildman–Crippen LogP) is 7.02. The lowest BCUT2D eigenvalue weighted by atomic mass is 9.95. The average molecular weight is 1920 g/mol. The smallest absolute Gasteiger partial charge is 0.192 e. The molecule has 21 rings (SSSR count). The topological polar surface area (TPSA) is 449 Å². The van der Waals surface area contributed by atoms with Crippen LogP contribution in [-0.2, 0) is 102 Å². The molecule has 14 bridgehead atoms. The van der Waals surface area contributed by atoms with Crippen LogP contribution in [0.4, 0.5) is 0 Å². The van der Waals surface area contributed by atoms with Crippen LogP contribution in [-0.4, -0.2) is 381 Å². The predicted molar refractivity (Wildman–Crippen MR) is 478 cm³/mol. The number of hydrogen-bond acceptors (Lipinski definition) is 34. The lowest BCUT2D eigenvalue weighted by molar-refractivity contribution is -0.396. The average Bonchev–Trinajstić information content (AvgIpc) is 1.67. The molecule has 0 aromatic carbocycles. The standard InChI is InChI=1S/C84H166O34Si7/c1-78(2,3)119(22,23)97-36-43-62-50(85)57(92)72(105-43)114-64-45(38-99-121(26,27)80(7,8)9)107-74(59(94)52(64)87)116-66-47(40-101-123(30,31)82(13,14)15)109-76(61(96)54(66)89)118-68-49(42-103-125(34,35)84(19,20)21)110-77(70-69(68)111-70)117-67-48(41-102-124(32,33)83(16,17)18)108-75(60(95)55(67)90)115-65-46(39-100-122(28,29)81(10,11)12)106-73(58(93)53(65)88)113-63-44(37-98-120(24,25)79(4,5)6)104-71(112-62)56(91)51(63)86/h43-77,85-96H,36-42H2,1-35H3. The molecular formula is C84H166O34Si7. The van der Waals surface area contributed by atoms with E-state index in [1.54, 1.807) is 0 Å². The third-order valence-electron chi connectivity index (χ3n) is 30.6. The SMILES string of the molecule is CC(C)(C)[Si](C)(C)OCC1OC2OC3C(CO[Si](C)(C)C(C)(C)C)OC(OC4C(CO[Si](C)(C)C(C)(C)C)OC(OC5C(CO[Si](C)(C)C(C)(C)C)OC(OC6C(CO[Si](C)(C)C(C)(C)C)OC(OC7C(CO[Si](C)(C)C(C)(C)C)OC(OC8C(CO[Si](C)(C)C(C)(C)C)OC(OC1C(O)C2O)C(O)C8O)C(O)C7O)C(O)C6O)C1OC51)C(O)C4O)C(O)C3O. The second-order valence-electron chi connectivity index (χ2n) is 47.0. The van der Waals surface area contributed by atoms with Crippen LogP contribution in [0.1, 0.15) is 145 Å². The van der Waals surface area contributed by atoms with Crippen molar-refractivity contribution in [2.45, 2.75) is 487 Å². The normalized spacial score (nSPS) is 41.0. The van der Waals surface area contributed by atoms with Crippen LogP contribution in [0.5, 0.6) is 0 Å². The second kappa shape index (κ2) is 39.6. The zero-order valence-electron chi connectivity index (χ0n) is 81.5. The summed E-state index contributed by atoms with van der Waals surface area (Å²) in [6.45, 7) is 68.8. The van der Waals surface area contributed by atoms with Crippen molar-refractivity contribution in [1.82, 2.24) is 0 Å². The van der Waals surface area contributed by atoms with Crippen molar-refractivity contribution in [1.29, 1.82) is 0 Å². The molecule has 34 nitrogen and oxygen atoms in total. The Morgan fingerprint density at radius 1 is 0.160 bits per heavy atom. The fraction of sp³-hybridized carbons (Fsp3) is 1.00. The van der Waals surface area contributed by atoms with Crippen LogP contribution < -0.4 is 0 Å². The van der Waals surface area contributed by atoms with Crippen LogP contribution in [0.2, 0.25) is 127 Å². The molecule has 0 amide bonds. The van der Waals surface area contributed by atoms with Gasteiger partial charge in [0.05, 0.1) is 46.2 Å². The van der Waals surface area contributed by atoms with Gasteiger partial charge in [0.1, 0.15) is 171 Å². The van der Waals surface area contributed by atoms with E-state index in [1.807, 2.05) is 203 Å². The van der Waals surface area contributed by atoms with Crippen LogP contribution in [0.3, 0.4) is 0 Å². The summed E-state index contributed by atoms with van der Waals surface area (Å²) >= 11 is 0. The molecule has 0 aliphatic carbocycles. The monoisotopic (exact) mass is 1910 g/mol. The Labute approximate surface area is 751 Å². The summed E-state index contributed by atoms with van der Waals surface area (Å²) in [5.41, 5.74) is 0. The van der Waals surface area contributed by atoms with Gasteiger partial charge in [-0.2, -0.15) is 0 Å². The van der Waals surface area contributed by atoms with Crippen molar-refractivity contribution < 1.29 is 163 Å². The van der Waals surface area contributed by atoms with Crippen molar-refractivity contribution in [3.63, 3.8) is 0 Å². The van der Waals surface area contributed by atoms with Crippen LogP contribution >= 0.6 is 0 Å². The summed E-state index contributed by atoms with van der Waals surface area (Å²) in [5.74, 6) is 0. The fourth-order valence-electron chi connectivity index (χ4n) is 14.1. The van der Waals surface area contributed by atoms with Gasteiger partial charge in [-0.25, -0.2) is 0 Å². The number of aliphatic hydroxyl groups is 12. The Morgan fingerprint density at radius 3 is 0.440 bits per heavy atom. The van der Waals surface area contributed by atoms with Gasteiger partial charge in [0, 0.05) is 0 Å². The van der Waals surface area contributed by atoms with Crippen LogP contribution in [0.25, 0.3) is 0 Å². The highest BCUT2D eigenvalue weighted by Crippen LogP contribution is 2.50. The summed E-state index contributed by atoms with van der Waals surface area (Å²) in [4.78, 5) is 0. The van der Waals surface area contributed by atoms with Gasteiger partial charge in [-0.1, -0.05) is 145 Å². The maximum absolute atomic E-state index is 12.8. The Morgan fingerprint density at radius 2 is 0.288 bits per heavy atom. The fourth-order valence-corrected chi connectivity index (χ4v) is 21.2. The van der Waals surface area contributed by atoms with E-state index >= 15 is 0 Å². The first-order chi connectivity index (χ1) is 56.6. The first-order valence-electron chi connectivity index (χ1n) is 45.1. The van der Waals surface area contributed by atoms with Gasteiger partial charge in [-0.3, -0.25) is 0 Å². The summed E-state index contributed by atoms with van der Waals surface area (Å²) in [5, 5.41) is 150. The molecule has 21 aliphatic rings. The van der Waals surface area contributed by atoms with Gasteiger partial charge < -0.3 is 163 Å². The highest BCUT2D eigenvalue weighted by atomic mass is 28.4. The molecule has 35 atom stereocenters. The molecule has 21 fully saturated rings. The minimum absolute atomic E-state index is 0.145. The van der Waals surface area contributed by atoms with E-state index in [4.69, 9.17) is 102 Å². The Kier molecular flexibility index (Phi) is 34.4. The van der Waals surface area contributed by atoms with Crippen LogP contribution in [0.15, 0.2) is 0 Å². The second-order valence-corrected chi connectivity index (χ2v) is 80.6. The van der Waals surface area contributed by atoms with Crippen molar-refractivity contribution >= 4 is 58.2 Å². The lowest BCUT2D eigenvalue weighted by Gasteiger charge is -2.51. The number of hydrogen-bond donors (Lipinski definition) is 12. The highest BCUT2D eigenvalue weighted by molar-refractivity contribution is 6.76. The van der Waals surface area contributed by atoms with Gasteiger partial charge in [-0.05, 0) is 127 Å². The molecule has 21 saturated heterocycles. The number of rotatable bonds is 21. The molecule has 0 aromatic rings. The number of epoxide rings is 1. The highest BCUT2D eigenvalue weighted by Gasteiger charge is 2.66. The first-order valence-corrected chi connectivity index (χ1v) is 65.4. The molecule has 734 valence electrons. The van der Waals surface area contributed by atoms with Gasteiger partial charge in [0.15, 0.2) is 102 Å². The molecule has 21 aliphatic heterocycles. The Balaban J connectivity index is 1.19. The maximum Gasteiger partial charge on any atom is 0.192 e. The summed E-state index contributed by atoms with van der Waals surface area (Å²) in [7, 11) is -19.3. The van der Waals surface area contributed by atoms with Crippen molar-refractivity contribution in [2.75, 3.05) is 46.2 Å². The van der Waals surface area contributed by atoms with Crippen molar-refractivity contribution in [3.8, 4) is 0 Å². The molecule has 0 radical (unpaired) electrons. The maximum atomic E-state index is 12.8. The van der Waals surface area contributed by atoms with Gasteiger partial charge in [0.2, 0.25) is 0 Å². The summed E-state index contributed by atoms with van der Waals surface area (Å²) < 4.78 is 149. The minimum Gasteiger partial charge on any atom is -0.414 e. The van der Waals surface area contributed by atoms with E-state index in [0.29, 0.717) is 0 Å². The Bertz CT molecular complexity index is 3400. The van der Waals surface area contributed by atoms with E-state index in [9.17, 15) is 61.3 Å². The molecule has 125 heavy (non-hydrogen) atoms. The molecule has 41 heteroatoms. The van der Waals surface area contributed by atoms with E-state index < -0.39 is 293 Å². The van der Waals surface area contributed by atoms with Crippen molar-refractivity contribution in [3.05, 3.63) is 0 Å². The first kappa shape index (κ1) is 109. The van der Waals surface area contributed by atoms with Gasteiger partial charge in [-0.15, -0.1) is 0 Å². The van der Waals surface area contributed by atoms with E-state index in [1.165, 1.54) is 0 Å². The molecule has 12 N–H and O–H groups in total. The summed E-state index contributed by atoms with van der Waals surface area (Å²) in [6, 6.07) is 0. The van der Waals surface area contributed by atoms with Crippen LogP contribution in [0, 0.1) is 0 Å².